The van der Waals surface area contributed by atoms with Gasteiger partial charge in [0, 0.05) is 25.7 Å². The topological polar surface area (TPSA) is 237 Å². The summed E-state index contributed by atoms with van der Waals surface area (Å²) in [6.07, 6.45) is 40.1. The first-order valence-electron chi connectivity index (χ1n) is 31.5. The maximum atomic E-state index is 12.9. The lowest BCUT2D eigenvalue weighted by atomic mass is 10.0. The van der Waals surface area contributed by atoms with Gasteiger partial charge in [-0.25, -0.2) is 9.13 Å². The van der Waals surface area contributed by atoms with Crippen LogP contribution in [-0.4, -0.2) is 96.7 Å². The van der Waals surface area contributed by atoms with E-state index >= 15 is 0 Å². The van der Waals surface area contributed by atoms with Crippen molar-refractivity contribution in [1.82, 2.24) is 0 Å². The number of unbranched alkanes of at least 4 members (excludes halogenated alkanes) is 28. The van der Waals surface area contributed by atoms with E-state index in [1.54, 1.807) is 0 Å². The molecular formula is C61H114O17P2. The fourth-order valence-electron chi connectivity index (χ4n) is 8.51. The second kappa shape index (κ2) is 54.5. The third-order valence-electron chi connectivity index (χ3n) is 13.4. The molecule has 2 unspecified atom stereocenters. The maximum Gasteiger partial charge on any atom is 0.472 e. The summed E-state index contributed by atoms with van der Waals surface area (Å²) < 4.78 is 67.6. The van der Waals surface area contributed by atoms with Gasteiger partial charge in [-0.2, -0.15) is 0 Å². The first-order valence-corrected chi connectivity index (χ1v) is 34.4. The molecule has 0 aliphatic carbocycles. The molecule has 0 spiro atoms. The molecular weight excluding hydrogens is 1070 g/mol. The molecule has 0 bridgehead atoms. The van der Waals surface area contributed by atoms with Gasteiger partial charge < -0.3 is 33.8 Å². The van der Waals surface area contributed by atoms with Gasteiger partial charge in [0.2, 0.25) is 0 Å². The SMILES string of the molecule is CCCCCC/C=C\C=C/CCCCCCCC(=O)O[C@H](COC(=O)CCCCCCCCC(C)C)COP(=O)(O)OC[C@@H](O)COP(=O)(O)OC[C@@H](COC(=O)CCCCCCCCC)OC(=O)CCCCCCCCCCC. The van der Waals surface area contributed by atoms with Crippen LogP contribution in [0, 0.1) is 5.92 Å². The number of aliphatic hydroxyl groups excluding tert-OH is 1. The van der Waals surface area contributed by atoms with Gasteiger partial charge in [0.25, 0.3) is 0 Å². The lowest BCUT2D eigenvalue weighted by Gasteiger charge is -2.21. The zero-order chi connectivity index (χ0) is 59.2. The number of hydrogen-bond acceptors (Lipinski definition) is 15. The van der Waals surface area contributed by atoms with Crippen LogP contribution >= 0.6 is 15.6 Å². The zero-order valence-electron chi connectivity index (χ0n) is 50.7. The quantitative estimate of drug-likeness (QED) is 0.0169. The summed E-state index contributed by atoms with van der Waals surface area (Å²) in [5.74, 6) is -1.50. The van der Waals surface area contributed by atoms with Crippen molar-refractivity contribution in [2.75, 3.05) is 39.6 Å². The standard InChI is InChI=1S/C61H114O17P2/c1-6-9-12-15-18-20-21-22-23-24-25-27-30-37-42-47-61(66)78-57(51-72-59(64)45-40-35-32-31-33-38-43-54(4)5)53-76-80(69,70)74-49-55(62)48-73-79(67,68)75-52-56(50-71-58(63)44-39-34-28-17-14-11-8-3)77-60(65)46-41-36-29-26-19-16-13-10-7-2/h20-23,54-57,62H,6-19,24-53H2,1-5H3,(H,67,68)(H,69,70)/b21-20-,23-22-/t55-,56+,57+/m0/s1. The Hall–Kier alpha value is -2.46. The number of phosphoric ester groups is 2. The van der Waals surface area contributed by atoms with Crippen molar-refractivity contribution in [2.45, 2.75) is 297 Å². The van der Waals surface area contributed by atoms with Crippen LogP contribution in [0.3, 0.4) is 0 Å². The molecule has 0 aromatic rings. The summed E-state index contributed by atoms with van der Waals surface area (Å²) in [6, 6.07) is 0. The third kappa shape index (κ3) is 54.8. The molecule has 0 saturated heterocycles. The van der Waals surface area contributed by atoms with E-state index in [2.05, 4.69) is 58.9 Å². The van der Waals surface area contributed by atoms with Gasteiger partial charge in [0.05, 0.1) is 26.4 Å². The fraction of sp³-hybridized carbons (Fsp3) is 0.869. The number of rotatable bonds is 59. The number of aliphatic hydroxyl groups is 1. The Morgan fingerprint density at radius 1 is 0.388 bits per heavy atom. The fourth-order valence-corrected chi connectivity index (χ4v) is 10.1. The Bertz CT molecular complexity index is 1660. The largest absolute Gasteiger partial charge is 0.472 e. The Labute approximate surface area is 484 Å². The Balaban J connectivity index is 5.23. The second-order valence-corrected chi connectivity index (χ2v) is 24.8. The molecule has 0 radical (unpaired) electrons. The summed E-state index contributed by atoms with van der Waals surface area (Å²) in [5, 5.41) is 10.5. The highest BCUT2D eigenvalue weighted by Gasteiger charge is 2.30. The van der Waals surface area contributed by atoms with E-state index in [1.807, 2.05) is 0 Å². The molecule has 5 atom stereocenters. The van der Waals surface area contributed by atoms with Crippen molar-refractivity contribution < 1.29 is 80.2 Å². The van der Waals surface area contributed by atoms with Crippen LogP contribution in [0.5, 0.6) is 0 Å². The molecule has 3 N–H and O–H groups in total. The van der Waals surface area contributed by atoms with Crippen LogP contribution in [0.25, 0.3) is 0 Å². The molecule has 0 saturated carbocycles. The van der Waals surface area contributed by atoms with Crippen molar-refractivity contribution in [3.63, 3.8) is 0 Å². The van der Waals surface area contributed by atoms with E-state index < -0.39 is 97.5 Å². The summed E-state index contributed by atoms with van der Waals surface area (Å²) in [6.45, 7) is 6.96. The van der Waals surface area contributed by atoms with Crippen molar-refractivity contribution in [3.05, 3.63) is 24.3 Å². The summed E-state index contributed by atoms with van der Waals surface area (Å²) in [5.41, 5.74) is 0. The van der Waals surface area contributed by atoms with Gasteiger partial charge in [-0.1, -0.05) is 226 Å². The van der Waals surface area contributed by atoms with Crippen LogP contribution in [0.4, 0.5) is 0 Å². The van der Waals surface area contributed by atoms with E-state index in [4.69, 9.17) is 37.0 Å². The van der Waals surface area contributed by atoms with E-state index in [9.17, 15) is 43.2 Å². The highest BCUT2D eigenvalue weighted by Crippen LogP contribution is 2.45. The highest BCUT2D eigenvalue weighted by atomic mass is 31.2. The van der Waals surface area contributed by atoms with Crippen LogP contribution in [0.2, 0.25) is 0 Å². The van der Waals surface area contributed by atoms with Gasteiger partial charge in [0.1, 0.15) is 19.3 Å². The number of ether oxygens (including phenoxy) is 4. The van der Waals surface area contributed by atoms with E-state index in [0.29, 0.717) is 31.6 Å². The predicted molar refractivity (Wildman–Crippen MR) is 317 cm³/mol. The van der Waals surface area contributed by atoms with E-state index in [1.165, 1.54) is 70.6 Å². The van der Waals surface area contributed by atoms with Gasteiger partial charge in [-0.15, -0.1) is 0 Å². The minimum Gasteiger partial charge on any atom is -0.462 e. The molecule has 470 valence electrons. The third-order valence-corrected chi connectivity index (χ3v) is 15.3. The van der Waals surface area contributed by atoms with Crippen LogP contribution < -0.4 is 0 Å². The molecule has 0 aliphatic heterocycles. The number of allylic oxidation sites excluding steroid dienone is 4. The minimum absolute atomic E-state index is 0.0838. The molecule has 0 aromatic heterocycles. The second-order valence-electron chi connectivity index (χ2n) is 21.9. The molecule has 0 aliphatic rings. The molecule has 19 heteroatoms. The smallest absolute Gasteiger partial charge is 0.462 e. The number of carbonyl (C=O) groups is 4. The lowest BCUT2D eigenvalue weighted by molar-refractivity contribution is -0.161. The van der Waals surface area contributed by atoms with Gasteiger partial charge in [-0.3, -0.25) is 37.3 Å². The minimum atomic E-state index is -4.95. The van der Waals surface area contributed by atoms with Crippen LogP contribution in [0.1, 0.15) is 279 Å². The average Bonchev–Trinajstić information content (AvgIpc) is 3.42. The Morgan fingerprint density at radius 3 is 1.02 bits per heavy atom. The van der Waals surface area contributed by atoms with Crippen LogP contribution in [-0.2, 0) is 65.4 Å². The molecule has 0 fully saturated rings. The van der Waals surface area contributed by atoms with Crippen molar-refractivity contribution in [2.24, 2.45) is 5.92 Å². The highest BCUT2D eigenvalue weighted by molar-refractivity contribution is 7.47. The molecule has 0 aromatic carbocycles. The number of hydrogen-bond donors (Lipinski definition) is 3. The van der Waals surface area contributed by atoms with Crippen LogP contribution in [0.15, 0.2) is 24.3 Å². The number of esters is 4. The van der Waals surface area contributed by atoms with Gasteiger partial charge in [0.15, 0.2) is 12.2 Å². The van der Waals surface area contributed by atoms with Crippen molar-refractivity contribution in [3.8, 4) is 0 Å². The summed E-state index contributed by atoms with van der Waals surface area (Å²) in [4.78, 5) is 71.8. The maximum absolute atomic E-state index is 12.9. The number of phosphoric acid groups is 2. The normalized spacial score (nSPS) is 14.5. The molecule has 0 heterocycles. The molecule has 0 rings (SSSR count). The first-order chi connectivity index (χ1) is 38.5. The van der Waals surface area contributed by atoms with Gasteiger partial charge in [-0.05, 0) is 57.3 Å². The van der Waals surface area contributed by atoms with Crippen molar-refractivity contribution in [1.29, 1.82) is 0 Å². The predicted octanol–water partition coefficient (Wildman–Crippen LogP) is 16.2. The van der Waals surface area contributed by atoms with E-state index in [0.717, 1.165) is 122 Å². The Kier molecular flexibility index (Phi) is 52.8. The first kappa shape index (κ1) is 77.5. The molecule has 17 nitrogen and oxygen atoms in total. The van der Waals surface area contributed by atoms with Crippen molar-refractivity contribution >= 4 is 39.5 Å². The lowest BCUT2D eigenvalue weighted by Crippen LogP contribution is -2.30. The molecule has 80 heavy (non-hydrogen) atoms. The Morgan fingerprint density at radius 2 is 0.675 bits per heavy atom. The summed E-state index contributed by atoms with van der Waals surface area (Å²) in [7, 11) is -9.88. The number of carbonyl (C=O) groups excluding carboxylic acids is 4. The molecule has 0 amide bonds. The average molecular weight is 1180 g/mol. The monoisotopic (exact) mass is 1180 g/mol. The van der Waals surface area contributed by atoms with Gasteiger partial charge >= 0.3 is 39.5 Å². The zero-order valence-corrected chi connectivity index (χ0v) is 52.5. The van der Waals surface area contributed by atoms with E-state index in [-0.39, 0.29) is 25.7 Å². The summed E-state index contributed by atoms with van der Waals surface area (Å²) >= 11 is 0.